The first-order valence-corrected chi connectivity index (χ1v) is 13.1. The number of hydrogen-bond donors (Lipinski definition) is 2. The third-order valence-electron chi connectivity index (χ3n) is 6.62. The Bertz CT molecular complexity index is 1280. The van der Waals surface area contributed by atoms with E-state index in [1.165, 1.54) is 13.2 Å². The minimum Gasteiger partial charge on any atom is -0.487 e. The lowest BCUT2D eigenvalue weighted by Crippen LogP contribution is -2.43. The highest BCUT2D eigenvalue weighted by atomic mass is 19.4. The van der Waals surface area contributed by atoms with E-state index >= 15 is 0 Å². The first-order chi connectivity index (χ1) is 20.2. The molecule has 10 nitrogen and oxygen atoms in total. The molecule has 2 aliphatic heterocycles. The van der Waals surface area contributed by atoms with E-state index in [1.807, 2.05) is 11.8 Å². The molecule has 0 spiro atoms. The molecule has 0 bridgehead atoms. The van der Waals surface area contributed by atoms with Gasteiger partial charge in [0.15, 0.2) is 23.2 Å². The second-order valence-corrected chi connectivity index (χ2v) is 9.63. The maximum absolute atomic E-state index is 14.0. The number of carboxylic acids is 1. The summed E-state index contributed by atoms with van der Waals surface area (Å²) in [5, 5.41) is 9.83. The Labute approximate surface area is 241 Å². The molecular weight excluding hydrogens is 595 g/mol. The second kappa shape index (κ2) is 14.5. The van der Waals surface area contributed by atoms with Crippen LogP contribution in [-0.4, -0.2) is 90.5 Å². The topological polar surface area (TPSA) is 117 Å². The van der Waals surface area contributed by atoms with Crippen molar-refractivity contribution >= 4 is 23.5 Å². The molecule has 1 amide bonds. The number of hydrogen-bond acceptors (Lipinski definition) is 8. The highest BCUT2D eigenvalue weighted by Crippen LogP contribution is 2.34. The van der Waals surface area contributed by atoms with Crippen LogP contribution >= 0.6 is 0 Å². The highest BCUT2D eigenvalue weighted by molar-refractivity contribution is 5.78. The van der Waals surface area contributed by atoms with E-state index in [1.54, 1.807) is 4.90 Å². The maximum Gasteiger partial charge on any atom is 0.490 e. The zero-order chi connectivity index (χ0) is 31.9. The van der Waals surface area contributed by atoms with Crippen LogP contribution in [0.15, 0.2) is 18.2 Å². The highest BCUT2D eigenvalue weighted by Gasteiger charge is 2.38. The Hall–Kier alpha value is -3.89. The number of amides is 1. The van der Waals surface area contributed by atoms with E-state index in [4.69, 9.17) is 24.4 Å². The van der Waals surface area contributed by atoms with Crippen molar-refractivity contribution < 1.29 is 54.9 Å². The Morgan fingerprint density at radius 1 is 1.14 bits per heavy atom. The van der Waals surface area contributed by atoms with Crippen LogP contribution in [0.2, 0.25) is 0 Å². The van der Waals surface area contributed by atoms with Gasteiger partial charge in [0.05, 0.1) is 24.0 Å². The molecular formula is C26H30F7N5O5. The molecule has 1 aromatic heterocycles. The summed E-state index contributed by atoms with van der Waals surface area (Å²) in [6.45, 7) is 2.60. The fourth-order valence-corrected chi connectivity index (χ4v) is 4.55. The monoisotopic (exact) mass is 625 g/mol. The van der Waals surface area contributed by atoms with Crippen molar-refractivity contribution in [2.45, 2.75) is 50.9 Å². The summed E-state index contributed by atoms with van der Waals surface area (Å²) in [6.07, 6.45) is -6.42. The molecule has 4 rings (SSSR count). The Morgan fingerprint density at radius 3 is 2.35 bits per heavy atom. The number of nitrogens with zero attached hydrogens (tertiary/aromatic N) is 4. The lowest BCUT2D eigenvalue weighted by atomic mass is 10.0. The van der Waals surface area contributed by atoms with Crippen LogP contribution in [0.1, 0.15) is 37.2 Å². The molecule has 1 atom stereocenters. The molecule has 2 aliphatic rings. The largest absolute Gasteiger partial charge is 0.490 e. The number of methoxy groups -OCH3 is 1. The number of aromatic nitrogens is 2. The van der Waals surface area contributed by atoms with Crippen LogP contribution in [0.4, 0.5) is 42.4 Å². The average Bonchev–Trinajstić information content (AvgIpc) is 2.93. The van der Waals surface area contributed by atoms with Crippen molar-refractivity contribution in [1.82, 2.24) is 14.9 Å². The summed E-state index contributed by atoms with van der Waals surface area (Å²) in [4.78, 5) is 34.3. The smallest absolute Gasteiger partial charge is 0.487 e. The van der Waals surface area contributed by atoms with Crippen LogP contribution in [0.3, 0.4) is 0 Å². The van der Waals surface area contributed by atoms with Crippen LogP contribution < -0.4 is 15.0 Å². The maximum atomic E-state index is 14.0. The number of carbonyl (C=O) groups excluding carboxylic acids is 1. The SMILES string of the molecule is COCC(=O)N1CCc2nc(N3CCC(Oc4ccc(F)cc4F)CC3)c(NCC(F)F)nc2C1C.O=C(O)C(F)(F)F. The van der Waals surface area contributed by atoms with Gasteiger partial charge < -0.3 is 29.7 Å². The van der Waals surface area contributed by atoms with E-state index in [0.29, 0.717) is 56.1 Å². The number of ether oxygens (including phenoxy) is 2. The molecule has 238 valence electrons. The molecule has 1 fully saturated rings. The number of benzene rings is 1. The van der Waals surface area contributed by atoms with Gasteiger partial charge >= 0.3 is 12.1 Å². The van der Waals surface area contributed by atoms with E-state index in [2.05, 4.69) is 10.3 Å². The number of anilines is 2. The van der Waals surface area contributed by atoms with Gasteiger partial charge in [0.2, 0.25) is 5.91 Å². The number of halogens is 7. The number of piperidine rings is 1. The minimum atomic E-state index is -5.08. The molecule has 2 N–H and O–H groups in total. The van der Waals surface area contributed by atoms with Gasteiger partial charge in [-0.05, 0) is 19.1 Å². The van der Waals surface area contributed by atoms with Gasteiger partial charge in [-0.15, -0.1) is 0 Å². The third-order valence-corrected chi connectivity index (χ3v) is 6.62. The fourth-order valence-electron chi connectivity index (χ4n) is 4.55. The van der Waals surface area contributed by atoms with E-state index in [0.717, 1.165) is 12.1 Å². The summed E-state index contributed by atoms with van der Waals surface area (Å²) < 4.78 is 95.6. The van der Waals surface area contributed by atoms with Crippen LogP contribution in [0.25, 0.3) is 0 Å². The molecule has 2 aromatic rings. The summed E-state index contributed by atoms with van der Waals surface area (Å²) in [6, 6.07) is 2.80. The number of alkyl halides is 5. The number of carbonyl (C=O) groups is 2. The van der Waals surface area contributed by atoms with Crippen LogP contribution in [0, 0.1) is 11.6 Å². The van der Waals surface area contributed by atoms with Crippen LogP contribution in [-0.2, 0) is 20.7 Å². The standard InChI is InChI=1S/C24H29F4N5O3.C2HF3O2/c1-14-22-18(7-10-33(14)21(34)13-35-2)30-24(23(31-22)29-12-20(27)28)32-8-5-16(6-9-32)36-19-4-3-15(25)11-17(19)26;3-2(4,5)1(6)7/h3-4,11,14,16,20H,5-10,12-13H2,1-2H3,(H,29,31);(H,6,7). The lowest BCUT2D eigenvalue weighted by molar-refractivity contribution is -0.192. The Morgan fingerprint density at radius 2 is 1.79 bits per heavy atom. The van der Waals surface area contributed by atoms with Gasteiger partial charge in [-0.25, -0.2) is 32.3 Å². The van der Waals surface area contributed by atoms with Gasteiger partial charge in [0.1, 0.15) is 18.5 Å². The normalized spacial score (nSPS) is 17.2. The van der Waals surface area contributed by atoms with Crippen molar-refractivity contribution in [2.75, 3.05) is 50.1 Å². The molecule has 43 heavy (non-hydrogen) atoms. The van der Waals surface area contributed by atoms with Crippen molar-refractivity contribution in [2.24, 2.45) is 0 Å². The summed E-state index contributed by atoms with van der Waals surface area (Å²) in [5.74, 6) is -3.69. The van der Waals surface area contributed by atoms with Crippen molar-refractivity contribution in [1.29, 1.82) is 0 Å². The average molecular weight is 626 g/mol. The first-order valence-electron chi connectivity index (χ1n) is 13.1. The number of carboxylic acid groups (broad SMARTS) is 1. The van der Waals surface area contributed by atoms with Gasteiger partial charge in [-0.3, -0.25) is 4.79 Å². The van der Waals surface area contributed by atoms with Gasteiger partial charge in [-0.2, -0.15) is 13.2 Å². The van der Waals surface area contributed by atoms with Gasteiger partial charge in [0.25, 0.3) is 6.43 Å². The summed E-state index contributed by atoms with van der Waals surface area (Å²) in [5.41, 5.74) is 1.28. The number of aliphatic carboxylic acids is 1. The zero-order valence-electron chi connectivity index (χ0n) is 23.1. The van der Waals surface area contributed by atoms with E-state index in [9.17, 15) is 35.5 Å². The molecule has 0 saturated carbocycles. The van der Waals surface area contributed by atoms with E-state index in [-0.39, 0.29) is 36.2 Å². The van der Waals surface area contributed by atoms with Crippen molar-refractivity contribution in [3.05, 3.63) is 41.2 Å². The summed E-state index contributed by atoms with van der Waals surface area (Å²) >= 11 is 0. The van der Waals surface area contributed by atoms with Crippen molar-refractivity contribution in [3.63, 3.8) is 0 Å². The fraction of sp³-hybridized carbons (Fsp3) is 0.538. The predicted molar refractivity (Wildman–Crippen MR) is 138 cm³/mol. The summed E-state index contributed by atoms with van der Waals surface area (Å²) in [7, 11) is 1.45. The van der Waals surface area contributed by atoms with Crippen molar-refractivity contribution in [3.8, 4) is 5.75 Å². The lowest BCUT2D eigenvalue weighted by Gasteiger charge is -2.37. The molecule has 3 heterocycles. The predicted octanol–water partition coefficient (Wildman–Crippen LogP) is 4.21. The third kappa shape index (κ3) is 9.05. The molecule has 1 saturated heterocycles. The van der Waals surface area contributed by atoms with Crippen LogP contribution in [0.5, 0.6) is 5.75 Å². The number of fused-ring (bicyclic) bond motifs is 1. The number of rotatable bonds is 8. The zero-order valence-corrected chi connectivity index (χ0v) is 23.1. The van der Waals surface area contributed by atoms with Gasteiger partial charge in [0, 0.05) is 52.1 Å². The van der Waals surface area contributed by atoms with Gasteiger partial charge in [-0.1, -0.05) is 0 Å². The van der Waals surface area contributed by atoms with E-state index < -0.39 is 36.8 Å². The quantitative estimate of drug-likeness (QED) is 0.417. The minimum absolute atomic E-state index is 0.00993. The molecule has 0 radical (unpaired) electrons. The second-order valence-electron chi connectivity index (χ2n) is 9.63. The number of nitrogens with one attached hydrogen (secondary N) is 1. The molecule has 0 aliphatic carbocycles. The molecule has 1 unspecified atom stereocenters. The molecule has 17 heteroatoms. The first kappa shape index (κ1) is 33.6. The Balaban J connectivity index is 0.000000646. The molecule has 1 aromatic carbocycles. The Kier molecular flexibility index (Phi) is 11.4.